The van der Waals surface area contributed by atoms with Gasteiger partial charge in [0.05, 0.1) is 6.04 Å². The molecule has 0 spiro atoms. The van der Waals surface area contributed by atoms with Crippen molar-refractivity contribution in [3.05, 3.63) is 57.8 Å². The number of benzene rings is 2. The molecule has 0 fully saturated rings. The van der Waals surface area contributed by atoms with Crippen LogP contribution < -0.4 is 5.32 Å². The minimum Gasteiger partial charge on any atom is -0.505 e. The Morgan fingerprint density at radius 1 is 1.21 bits per heavy atom. The second-order valence-electron chi connectivity index (χ2n) is 4.74. The molecule has 2 aromatic carbocycles. The summed E-state index contributed by atoms with van der Waals surface area (Å²) in [7, 11) is 0. The molecule has 2 N–H and O–H groups in total. The summed E-state index contributed by atoms with van der Waals surface area (Å²) in [4.78, 5) is 0. The minimum absolute atomic E-state index is 0.201. The summed E-state index contributed by atoms with van der Waals surface area (Å²) >= 11 is 3.47. The number of hydrogen-bond acceptors (Lipinski definition) is 2. The summed E-state index contributed by atoms with van der Waals surface area (Å²) in [6.45, 7) is 0. The SMILES string of the molecule is Oc1ccc(NC2CCc3cc(Br)ccc32)cc1F. The topological polar surface area (TPSA) is 32.3 Å². The van der Waals surface area contributed by atoms with E-state index in [9.17, 15) is 9.50 Å². The zero-order valence-corrected chi connectivity index (χ0v) is 11.7. The van der Waals surface area contributed by atoms with Crippen molar-refractivity contribution in [3.63, 3.8) is 0 Å². The van der Waals surface area contributed by atoms with Crippen LogP contribution in [0.25, 0.3) is 0 Å². The van der Waals surface area contributed by atoms with Crippen molar-refractivity contribution in [2.75, 3.05) is 5.32 Å². The van der Waals surface area contributed by atoms with Crippen molar-refractivity contribution >= 4 is 21.6 Å². The number of halogens is 2. The van der Waals surface area contributed by atoms with Crippen LogP contribution in [0.4, 0.5) is 10.1 Å². The highest BCUT2D eigenvalue weighted by molar-refractivity contribution is 9.10. The third-order valence-electron chi connectivity index (χ3n) is 3.47. The summed E-state index contributed by atoms with van der Waals surface area (Å²) in [5.41, 5.74) is 3.28. The van der Waals surface area contributed by atoms with E-state index in [0.717, 1.165) is 17.3 Å². The average Bonchev–Trinajstić information content (AvgIpc) is 2.76. The first-order chi connectivity index (χ1) is 9.13. The lowest BCUT2D eigenvalue weighted by Gasteiger charge is -2.16. The summed E-state index contributed by atoms with van der Waals surface area (Å²) in [6.07, 6.45) is 2.02. The molecular formula is C15H13BrFNO. The van der Waals surface area contributed by atoms with E-state index in [2.05, 4.69) is 33.4 Å². The number of phenols is 1. The Morgan fingerprint density at radius 2 is 2.05 bits per heavy atom. The van der Waals surface area contributed by atoms with Crippen LogP contribution in [0.5, 0.6) is 5.75 Å². The monoisotopic (exact) mass is 321 g/mol. The highest BCUT2D eigenvalue weighted by atomic mass is 79.9. The minimum atomic E-state index is -0.598. The maximum atomic E-state index is 13.3. The molecule has 0 radical (unpaired) electrons. The Labute approximate surface area is 119 Å². The van der Waals surface area contributed by atoms with Crippen molar-refractivity contribution < 1.29 is 9.50 Å². The molecule has 1 aliphatic rings. The number of rotatable bonds is 2. The van der Waals surface area contributed by atoms with E-state index in [1.54, 1.807) is 6.07 Å². The van der Waals surface area contributed by atoms with Gasteiger partial charge in [-0.2, -0.15) is 0 Å². The van der Waals surface area contributed by atoms with Gasteiger partial charge in [-0.25, -0.2) is 4.39 Å². The first-order valence-electron chi connectivity index (χ1n) is 6.17. The van der Waals surface area contributed by atoms with E-state index >= 15 is 0 Å². The molecule has 2 nitrogen and oxygen atoms in total. The van der Waals surface area contributed by atoms with E-state index in [1.165, 1.54) is 23.3 Å². The van der Waals surface area contributed by atoms with Gasteiger partial charge in [-0.15, -0.1) is 0 Å². The van der Waals surface area contributed by atoms with Gasteiger partial charge < -0.3 is 10.4 Å². The normalized spacial score (nSPS) is 17.3. The van der Waals surface area contributed by atoms with E-state index in [0.29, 0.717) is 5.69 Å². The highest BCUT2D eigenvalue weighted by Crippen LogP contribution is 2.35. The van der Waals surface area contributed by atoms with Gasteiger partial charge in [0, 0.05) is 16.2 Å². The fourth-order valence-corrected chi connectivity index (χ4v) is 2.94. The van der Waals surface area contributed by atoms with Crippen molar-refractivity contribution in [1.82, 2.24) is 0 Å². The predicted molar refractivity (Wildman–Crippen MR) is 76.9 cm³/mol. The number of anilines is 1. The molecule has 0 aliphatic heterocycles. The van der Waals surface area contributed by atoms with Gasteiger partial charge in [0.15, 0.2) is 11.6 Å². The zero-order chi connectivity index (χ0) is 13.4. The van der Waals surface area contributed by atoms with E-state index in [1.807, 2.05) is 6.07 Å². The second-order valence-corrected chi connectivity index (χ2v) is 5.66. The quantitative estimate of drug-likeness (QED) is 0.804. The third kappa shape index (κ3) is 2.45. The molecule has 98 valence electrons. The van der Waals surface area contributed by atoms with Gasteiger partial charge in [-0.3, -0.25) is 0 Å². The molecular weight excluding hydrogens is 309 g/mol. The first kappa shape index (κ1) is 12.5. The van der Waals surface area contributed by atoms with Gasteiger partial charge >= 0.3 is 0 Å². The number of hydrogen-bond donors (Lipinski definition) is 2. The van der Waals surface area contributed by atoms with Crippen molar-refractivity contribution in [2.24, 2.45) is 0 Å². The van der Waals surface area contributed by atoms with Crippen LogP contribution >= 0.6 is 15.9 Å². The van der Waals surface area contributed by atoms with Crippen LogP contribution in [0.3, 0.4) is 0 Å². The standard InChI is InChI=1S/C15H13BrFNO/c16-10-2-4-12-9(7-10)1-5-14(12)18-11-3-6-15(19)13(17)8-11/h2-4,6-8,14,18-19H,1,5H2. The number of aromatic hydroxyl groups is 1. The van der Waals surface area contributed by atoms with Crippen molar-refractivity contribution in [3.8, 4) is 5.75 Å². The van der Waals surface area contributed by atoms with Crippen LogP contribution in [-0.4, -0.2) is 5.11 Å². The van der Waals surface area contributed by atoms with Crippen LogP contribution in [0.15, 0.2) is 40.9 Å². The molecule has 1 aliphatic carbocycles. The van der Waals surface area contributed by atoms with Gasteiger partial charge in [-0.05, 0) is 48.2 Å². The van der Waals surface area contributed by atoms with E-state index in [-0.39, 0.29) is 11.8 Å². The summed E-state index contributed by atoms with van der Waals surface area (Å²) in [5, 5.41) is 12.5. The zero-order valence-electron chi connectivity index (χ0n) is 10.2. The number of aryl methyl sites for hydroxylation is 1. The Bertz CT molecular complexity index is 630. The Hall–Kier alpha value is -1.55. The van der Waals surface area contributed by atoms with Crippen molar-refractivity contribution in [1.29, 1.82) is 0 Å². The largest absolute Gasteiger partial charge is 0.505 e. The lowest BCUT2D eigenvalue weighted by Crippen LogP contribution is -2.07. The molecule has 0 aromatic heterocycles. The van der Waals surface area contributed by atoms with Gasteiger partial charge in [-0.1, -0.05) is 22.0 Å². The molecule has 0 saturated heterocycles. The predicted octanol–water partition coefficient (Wildman–Crippen LogP) is 4.39. The number of nitrogens with one attached hydrogen (secondary N) is 1. The molecule has 3 rings (SSSR count). The number of fused-ring (bicyclic) bond motifs is 1. The third-order valence-corrected chi connectivity index (χ3v) is 3.96. The Morgan fingerprint density at radius 3 is 2.84 bits per heavy atom. The van der Waals surface area contributed by atoms with Crippen molar-refractivity contribution in [2.45, 2.75) is 18.9 Å². The second kappa shape index (κ2) is 4.85. The lowest BCUT2D eigenvalue weighted by atomic mass is 10.1. The van der Waals surface area contributed by atoms with Crippen LogP contribution in [-0.2, 0) is 6.42 Å². The van der Waals surface area contributed by atoms with Crippen LogP contribution in [0.1, 0.15) is 23.6 Å². The summed E-state index contributed by atoms with van der Waals surface area (Å²) in [6, 6.07) is 10.8. The highest BCUT2D eigenvalue weighted by Gasteiger charge is 2.22. The van der Waals surface area contributed by atoms with Crippen LogP contribution in [0, 0.1) is 5.82 Å². The lowest BCUT2D eigenvalue weighted by molar-refractivity contribution is 0.432. The Balaban J connectivity index is 1.84. The number of phenolic OH excluding ortho intramolecular Hbond substituents is 1. The molecule has 19 heavy (non-hydrogen) atoms. The molecule has 0 heterocycles. The molecule has 1 atom stereocenters. The maximum absolute atomic E-state index is 13.3. The van der Waals surface area contributed by atoms with E-state index < -0.39 is 5.82 Å². The fraction of sp³-hybridized carbons (Fsp3) is 0.200. The van der Waals surface area contributed by atoms with Gasteiger partial charge in [0.2, 0.25) is 0 Å². The molecule has 0 amide bonds. The molecule has 0 saturated carbocycles. The average molecular weight is 322 g/mol. The summed E-state index contributed by atoms with van der Waals surface area (Å²) in [5.74, 6) is -0.916. The van der Waals surface area contributed by atoms with Gasteiger partial charge in [0.1, 0.15) is 0 Å². The smallest absolute Gasteiger partial charge is 0.166 e. The summed E-state index contributed by atoms with van der Waals surface area (Å²) < 4.78 is 14.4. The molecule has 4 heteroatoms. The van der Waals surface area contributed by atoms with Gasteiger partial charge in [0.25, 0.3) is 0 Å². The Kier molecular flexibility index (Phi) is 3.19. The maximum Gasteiger partial charge on any atom is 0.166 e. The fourth-order valence-electron chi connectivity index (χ4n) is 2.53. The molecule has 2 aromatic rings. The molecule has 1 unspecified atom stereocenters. The molecule has 0 bridgehead atoms. The first-order valence-corrected chi connectivity index (χ1v) is 6.96. The van der Waals surface area contributed by atoms with Crippen LogP contribution in [0.2, 0.25) is 0 Å². The van der Waals surface area contributed by atoms with E-state index in [4.69, 9.17) is 0 Å².